The van der Waals surface area contributed by atoms with E-state index in [1.54, 1.807) is 12.1 Å². The fraction of sp³-hybridized carbons (Fsp3) is 0.300. The van der Waals surface area contributed by atoms with Gasteiger partial charge in [-0.1, -0.05) is 12.1 Å². The topological polar surface area (TPSA) is 149 Å². The van der Waals surface area contributed by atoms with Crippen molar-refractivity contribution in [2.45, 2.75) is 30.7 Å². The van der Waals surface area contributed by atoms with E-state index in [4.69, 9.17) is 14.2 Å². The van der Waals surface area contributed by atoms with Gasteiger partial charge in [0.05, 0.1) is 12.2 Å². The Kier molecular flexibility index (Phi) is 4.97. The van der Waals surface area contributed by atoms with Gasteiger partial charge in [-0.2, -0.15) is 0 Å². The zero-order valence-corrected chi connectivity index (χ0v) is 15.0. The van der Waals surface area contributed by atoms with Gasteiger partial charge < -0.3 is 44.8 Å². The Labute approximate surface area is 165 Å². The predicted molar refractivity (Wildman–Crippen MR) is 98.1 cm³/mol. The monoisotopic (exact) mass is 404 g/mol. The van der Waals surface area contributed by atoms with Crippen molar-refractivity contribution in [3.63, 3.8) is 0 Å². The second-order valence-electron chi connectivity index (χ2n) is 6.88. The molecule has 1 saturated heterocycles. The molecule has 4 rings (SSSR count). The van der Waals surface area contributed by atoms with E-state index in [1.807, 2.05) is 0 Å². The molecule has 2 aromatic carbocycles. The fourth-order valence-electron chi connectivity index (χ4n) is 3.24. The maximum absolute atomic E-state index is 10.2. The summed E-state index contributed by atoms with van der Waals surface area (Å²) in [4.78, 5) is 0. The molecule has 2 aromatic rings. The highest BCUT2D eigenvalue weighted by atomic mass is 16.7. The van der Waals surface area contributed by atoms with Crippen molar-refractivity contribution >= 4 is 6.08 Å². The average Bonchev–Trinajstić information content (AvgIpc) is 2.69. The van der Waals surface area contributed by atoms with Crippen LogP contribution in [0.2, 0.25) is 0 Å². The first-order valence-electron chi connectivity index (χ1n) is 8.89. The molecule has 0 radical (unpaired) electrons. The van der Waals surface area contributed by atoms with Crippen LogP contribution in [0.5, 0.6) is 23.0 Å². The van der Waals surface area contributed by atoms with Gasteiger partial charge in [-0.05, 0) is 18.2 Å². The number of benzene rings is 2. The summed E-state index contributed by atoms with van der Waals surface area (Å²) in [7, 11) is 0. The summed E-state index contributed by atoms with van der Waals surface area (Å²) < 4.78 is 17.0. The van der Waals surface area contributed by atoms with Crippen LogP contribution in [0, 0.1) is 0 Å². The van der Waals surface area contributed by atoms with Gasteiger partial charge in [0.2, 0.25) is 6.29 Å². The Hall–Kier alpha value is -2.98. The van der Waals surface area contributed by atoms with E-state index < -0.39 is 30.7 Å². The molecule has 29 heavy (non-hydrogen) atoms. The molecular formula is C20H20O9. The highest BCUT2D eigenvalue weighted by Crippen LogP contribution is 2.44. The summed E-state index contributed by atoms with van der Waals surface area (Å²) in [5.41, 5.74) is 0.826. The molecule has 0 aliphatic carbocycles. The average molecular weight is 404 g/mol. The van der Waals surface area contributed by atoms with E-state index in [2.05, 4.69) is 0 Å². The number of phenols is 3. The maximum atomic E-state index is 10.2. The lowest BCUT2D eigenvalue weighted by atomic mass is 10.0. The van der Waals surface area contributed by atoms with Crippen molar-refractivity contribution in [3.05, 3.63) is 53.3 Å². The molecular weight excluding hydrogens is 384 g/mol. The van der Waals surface area contributed by atoms with Crippen LogP contribution in [0.1, 0.15) is 17.2 Å². The number of aliphatic hydroxyl groups is 3. The number of hydrogen-bond acceptors (Lipinski definition) is 9. The van der Waals surface area contributed by atoms with E-state index in [0.29, 0.717) is 5.56 Å². The molecule has 2 aliphatic heterocycles. The third-order valence-electron chi connectivity index (χ3n) is 4.80. The zero-order valence-electron chi connectivity index (χ0n) is 15.0. The first-order valence-corrected chi connectivity index (χ1v) is 8.89. The Morgan fingerprint density at radius 3 is 2.34 bits per heavy atom. The lowest BCUT2D eigenvalue weighted by Crippen LogP contribution is -2.53. The van der Waals surface area contributed by atoms with Crippen LogP contribution in [-0.4, -0.2) is 61.8 Å². The smallest absolute Gasteiger partial charge is 0.228 e. The Morgan fingerprint density at radius 1 is 0.897 bits per heavy atom. The summed E-state index contributed by atoms with van der Waals surface area (Å²) in [5, 5.41) is 59.1. The normalized spacial score (nSPS) is 28.8. The molecule has 1 fully saturated rings. The lowest BCUT2D eigenvalue weighted by Gasteiger charge is -2.37. The van der Waals surface area contributed by atoms with Crippen LogP contribution in [0.15, 0.2) is 42.2 Å². The van der Waals surface area contributed by atoms with Crippen LogP contribution in [0.4, 0.5) is 0 Å². The number of aliphatic hydroxyl groups excluding tert-OH is 3. The molecule has 3 unspecified atom stereocenters. The van der Waals surface area contributed by atoms with Crippen LogP contribution < -0.4 is 4.74 Å². The Balaban J connectivity index is 1.71. The molecule has 0 amide bonds. The minimum absolute atomic E-state index is 0.0508. The maximum Gasteiger partial charge on any atom is 0.228 e. The number of phenolic OH excluding ortho intramolecular Hbond substituents is 3. The van der Waals surface area contributed by atoms with Crippen molar-refractivity contribution in [2.75, 3.05) is 6.61 Å². The molecule has 0 aromatic heterocycles. The number of aromatic hydroxyl groups is 3. The van der Waals surface area contributed by atoms with E-state index >= 15 is 0 Å². The number of rotatable bonds is 3. The predicted octanol–water partition coefficient (Wildman–Crippen LogP) is 0.734. The summed E-state index contributed by atoms with van der Waals surface area (Å²) >= 11 is 0. The highest BCUT2D eigenvalue weighted by molar-refractivity contribution is 5.69. The molecule has 5 atom stereocenters. The quantitative estimate of drug-likeness (QED) is 0.435. The van der Waals surface area contributed by atoms with Gasteiger partial charge in [0, 0.05) is 17.7 Å². The number of ether oxygens (including phenoxy) is 3. The second-order valence-corrected chi connectivity index (χ2v) is 6.88. The number of hydrogen-bond donors (Lipinski definition) is 6. The second kappa shape index (κ2) is 7.45. The van der Waals surface area contributed by atoms with Crippen molar-refractivity contribution < 1.29 is 44.8 Å². The van der Waals surface area contributed by atoms with Gasteiger partial charge in [0.1, 0.15) is 47.1 Å². The van der Waals surface area contributed by atoms with Gasteiger partial charge in [-0.25, -0.2) is 0 Å². The van der Waals surface area contributed by atoms with Crippen molar-refractivity contribution in [1.82, 2.24) is 0 Å². The first kappa shape index (κ1) is 19.3. The summed E-state index contributed by atoms with van der Waals surface area (Å²) in [6, 6.07) is 8.59. The van der Waals surface area contributed by atoms with Gasteiger partial charge in [0.25, 0.3) is 0 Å². The van der Waals surface area contributed by atoms with Crippen molar-refractivity contribution in [3.8, 4) is 23.0 Å². The van der Waals surface area contributed by atoms with Crippen LogP contribution in [-0.2, 0) is 9.47 Å². The third-order valence-corrected chi connectivity index (χ3v) is 4.80. The molecule has 6 N–H and O–H groups in total. The molecule has 0 saturated carbocycles. The van der Waals surface area contributed by atoms with Gasteiger partial charge in [0.15, 0.2) is 6.10 Å². The summed E-state index contributed by atoms with van der Waals surface area (Å²) in [5.74, 6) is -0.0300. The fourth-order valence-corrected chi connectivity index (χ4v) is 3.24. The van der Waals surface area contributed by atoms with Gasteiger partial charge in [-0.3, -0.25) is 0 Å². The van der Waals surface area contributed by atoms with E-state index in [0.717, 1.165) is 6.07 Å². The van der Waals surface area contributed by atoms with Gasteiger partial charge >= 0.3 is 0 Å². The molecule has 2 heterocycles. The molecule has 9 nitrogen and oxygen atoms in total. The summed E-state index contributed by atoms with van der Waals surface area (Å²) in [6.07, 6.45) is -4.90. The Morgan fingerprint density at radius 2 is 1.62 bits per heavy atom. The third kappa shape index (κ3) is 3.68. The molecule has 2 aliphatic rings. The number of fused-ring (bicyclic) bond motifs is 1. The Bertz CT molecular complexity index is 924. The van der Waals surface area contributed by atoms with Crippen molar-refractivity contribution in [2.24, 2.45) is 0 Å². The van der Waals surface area contributed by atoms with E-state index in [-0.39, 0.29) is 40.9 Å². The SMILES string of the molecule is Oc1ccc(C2Oc3cc(O)cc(O)c3C=C2O[C@@H]2OC[C@H](O)C(O)C2O)cc1. The van der Waals surface area contributed by atoms with Crippen LogP contribution in [0.3, 0.4) is 0 Å². The highest BCUT2D eigenvalue weighted by Gasteiger charge is 2.41. The van der Waals surface area contributed by atoms with Crippen LogP contribution >= 0.6 is 0 Å². The first-order chi connectivity index (χ1) is 13.8. The lowest BCUT2D eigenvalue weighted by molar-refractivity contribution is -0.261. The van der Waals surface area contributed by atoms with Crippen LogP contribution in [0.25, 0.3) is 6.08 Å². The van der Waals surface area contributed by atoms with Crippen molar-refractivity contribution in [1.29, 1.82) is 0 Å². The van der Waals surface area contributed by atoms with E-state index in [9.17, 15) is 30.6 Å². The molecule has 0 bridgehead atoms. The zero-order chi connectivity index (χ0) is 20.7. The molecule has 154 valence electrons. The minimum atomic E-state index is -1.52. The van der Waals surface area contributed by atoms with Gasteiger partial charge in [-0.15, -0.1) is 0 Å². The van der Waals surface area contributed by atoms with E-state index in [1.165, 1.54) is 24.3 Å². The minimum Gasteiger partial charge on any atom is -0.508 e. The standard InChI is InChI=1S/C20H20O9/c21-10-3-1-9(2-4-10)19-16(29-20-18(26)17(25)14(24)8-27-20)7-12-13(23)5-11(22)6-15(12)28-19/h1-7,14,17-26H,8H2/t14-,17?,18?,19?,20-/m0/s1. The summed E-state index contributed by atoms with van der Waals surface area (Å²) in [6.45, 7) is -0.239. The molecule has 0 spiro atoms. The largest absolute Gasteiger partial charge is 0.508 e. The molecule has 9 heteroatoms.